The van der Waals surface area contributed by atoms with Gasteiger partial charge in [-0.25, -0.2) is 9.18 Å². The fourth-order valence-corrected chi connectivity index (χ4v) is 5.46. The van der Waals surface area contributed by atoms with E-state index >= 15 is 4.39 Å². The van der Waals surface area contributed by atoms with Crippen molar-refractivity contribution < 1.29 is 18.3 Å². The van der Waals surface area contributed by atoms with Crippen LogP contribution in [0.25, 0.3) is 21.8 Å². The molecule has 2 aromatic carbocycles. The highest BCUT2D eigenvalue weighted by molar-refractivity contribution is 6.01. The zero-order valence-electron chi connectivity index (χ0n) is 22.9. The van der Waals surface area contributed by atoms with Gasteiger partial charge in [-0.2, -0.15) is 13.9 Å². The van der Waals surface area contributed by atoms with Crippen molar-refractivity contribution in [1.29, 1.82) is 0 Å². The van der Waals surface area contributed by atoms with Gasteiger partial charge in [-0.1, -0.05) is 12.1 Å². The summed E-state index contributed by atoms with van der Waals surface area (Å²) in [5.41, 5.74) is -1.25. The molecule has 11 heteroatoms. The Labute approximate surface area is 224 Å². The molecule has 4 aromatic rings. The average molecular weight is 543 g/mol. The maximum absolute atomic E-state index is 15.4. The number of alkyl halides is 2. The molecule has 8 nitrogen and oxygen atoms in total. The van der Waals surface area contributed by atoms with E-state index in [0.717, 1.165) is 55.8 Å². The topological polar surface area (TPSA) is 88.2 Å². The Bertz CT molecular complexity index is 1640. The summed E-state index contributed by atoms with van der Waals surface area (Å²) in [6.07, 6.45) is 0.855. The number of aromatic nitrogens is 4. The van der Waals surface area contributed by atoms with E-state index in [-0.39, 0.29) is 17.3 Å². The number of fused-ring (bicyclic) bond motifs is 2. The molecule has 2 aromatic heterocycles. The van der Waals surface area contributed by atoms with Crippen molar-refractivity contribution in [3.05, 3.63) is 63.5 Å². The van der Waals surface area contributed by atoms with Crippen molar-refractivity contribution in [2.45, 2.75) is 57.7 Å². The molecule has 1 saturated heterocycles. The Morgan fingerprint density at radius 3 is 2.46 bits per heavy atom. The van der Waals surface area contributed by atoms with Crippen LogP contribution in [0.2, 0.25) is 0 Å². The number of aliphatic hydroxyl groups is 1. The SMILES string of the molecule is Cc1nnc(N[C@H](C)c2cccc(C(F)(F)C(C)(C)O)c2F)c2cc3c(cc12)n(C)c(=O)n3[C@H]1CCN(C)C1. The molecule has 0 radical (unpaired) electrons. The van der Waals surface area contributed by atoms with Gasteiger partial charge in [-0.05, 0) is 65.9 Å². The molecule has 39 heavy (non-hydrogen) atoms. The number of likely N-dealkylation sites (tertiary alicyclic amines) is 1. The quantitative estimate of drug-likeness (QED) is 0.369. The number of imidazole rings is 1. The Hall–Kier alpha value is -3.44. The van der Waals surface area contributed by atoms with Crippen molar-refractivity contribution in [2.75, 3.05) is 25.5 Å². The number of benzene rings is 2. The van der Waals surface area contributed by atoms with E-state index < -0.39 is 28.9 Å². The van der Waals surface area contributed by atoms with Gasteiger partial charge in [-0.15, -0.1) is 5.10 Å². The Balaban J connectivity index is 1.61. The van der Waals surface area contributed by atoms with Gasteiger partial charge in [0.1, 0.15) is 11.4 Å². The third-order valence-electron chi connectivity index (χ3n) is 7.86. The minimum absolute atomic E-state index is 0.00126. The van der Waals surface area contributed by atoms with Crippen LogP contribution in [-0.2, 0) is 13.0 Å². The molecule has 1 fully saturated rings. The first-order valence-corrected chi connectivity index (χ1v) is 12.9. The van der Waals surface area contributed by atoms with Crippen LogP contribution in [0.4, 0.5) is 19.0 Å². The van der Waals surface area contributed by atoms with E-state index in [0.29, 0.717) is 16.9 Å². The van der Waals surface area contributed by atoms with Gasteiger partial charge in [0.15, 0.2) is 5.82 Å². The second kappa shape index (κ2) is 9.34. The molecule has 3 heterocycles. The summed E-state index contributed by atoms with van der Waals surface area (Å²) in [6, 6.07) is 6.82. The largest absolute Gasteiger partial charge is 0.384 e. The van der Waals surface area contributed by atoms with Crippen molar-refractivity contribution in [3.8, 4) is 0 Å². The first kappa shape index (κ1) is 27.1. The number of nitrogens with one attached hydrogen (secondary N) is 1. The fourth-order valence-electron chi connectivity index (χ4n) is 5.46. The minimum Gasteiger partial charge on any atom is -0.384 e. The van der Waals surface area contributed by atoms with Crippen LogP contribution in [-0.4, -0.2) is 55.1 Å². The lowest BCUT2D eigenvalue weighted by atomic mass is 9.91. The number of rotatable bonds is 6. The molecule has 0 aliphatic carbocycles. The summed E-state index contributed by atoms with van der Waals surface area (Å²) in [5.74, 6) is -4.56. The van der Waals surface area contributed by atoms with Crippen molar-refractivity contribution in [1.82, 2.24) is 24.2 Å². The smallest absolute Gasteiger partial charge is 0.329 e. The molecule has 5 rings (SSSR count). The minimum atomic E-state index is -3.81. The zero-order valence-corrected chi connectivity index (χ0v) is 22.9. The van der Waals surface area contributed by atoms with Gasteiger partial charge in [0.2, 0.25) is 0 Å². The van der Waals surface area contributed by atoms with E-state index in [4.69, 9.17) is 0 Å². The van der Waals surface area contributed by atoms with Gasteiger partial charge >= 0.3 is 11.6 Å². The number of anilines is 1. The molecular formula is C28H33F3N6O2. The van der Waals surface area contributed by atoms with Crippen LogP contribution in [0.1, 0.15) is 56.1 Å². The maximum Gasteiger partial charge on any atom is 0.329 e. The zero-order chi connectivity index (χ0) is 28.4. The first-order chi connectivity index (χ1) is 18.2. The van der Waals surface area contributed by atoms with Crippen LogP contribution in [0, 0.1) is 12.7 Å². The van der Waals surface area contributed by atoms with Gasteiger partial charge in [-0.3, -0.25) is 9.13 Å². The van der Waals surface area contributed by atoms with E-state index in [1.807, 2.05) is 30.7 Å². The molecule has 0 spiro atoms. The van der Waals surface area contributed by atoms with Crippen LogP contribution < -0.4 is 11.0 Å². The number of hydrogen-bond donors (Lipinski definition) is 2. The summed E-state index contributed by atoms with van der Waals surface area (Å²) >= 11 is 0. The Morgan fingerprint density at radius 2 is 1.82 bits per heavy atom. The molecule has 0 unspecified atom stereocenters. The van der Waals surface area contributed by atoms with E-state index in [1.165, 1.54) is 12.1 Å². The second-order valence-corrected chi connectivity index (χ2v) is 11.1. The third-order valence-corrected chi connectivity index (χ3v) is 7.86. The Morgan fingerprint density at radius 1 is 1.13 bits per heavy atom. The van der Waals surface area contributed by atoms with Crippen LogP contribution >= 0.6 is 0 Å². The van der Waals surface area contributed by atoms with Crippen molar-refractivity contribution in [2.24, 2.45) is 7.05 Å². The lowest BCUT2D eigenvalue weighted by Gasteiger charge is -2.30. The Kier molecular flexibility index (Phi) is 6.50. The predicted molar refractivity (Wildman–Crippen MR) is 145 cm³/mol. The average Bonchev–Trinajstić information content (AvgIpc) is 3.39. The number of nitrogens with zero attached hydrogens (tertiary/aromatic N) is 5. The molecule has 1 aliphatic rings. The molecule has 0 amide bonds. The standard InChI is InChI=1S/C28H33F3N6O2/c1-15(18-8-7-9-21(24(18)29)28(30,31)27(3,4)39)32-25-20-13-23-22(12-19(20)16(2)33-34-25)36(6)26(38)37(23)17-10-11-35(5)14-17/h7-9,12-13,15,17,39H,10-11,14H2,1-6H3,(H,32,34)/t15-,17+/m1/s1. The lowest BCUT2D eigenvalue weighted by Crippen LogP contribution is -2.41. The molecule has 0 saturated carbocycles. The monoisotopic (exact) mass is 542 g/mol. The van der Waals surface area contributed by atoms with E-state index in [2.05, 4.69) is 20.4 Å². The lowest BCUT2D eigenvalue weighted by molar-refractivity contribution is -0.170. The van der Waals surface area contributed by atoms with Crippen molar-refractivity contribution in [3.63, 3.8) is 0 Å². The number of aryl methyl sites for hydroxylation is 2. The number of hydrogen-bond acceptors (Lipinski definition) is 6. The highest BCUT2D eigenvalue weighted by Crippen LogP contribution is 2.41. The van der Waals surface area contributed by atoms with E-state index in [9.17, 15) is 18.7 Å². The molecule has 2 N–H and O–H groups in total. The summed E-state index contributed by atoms with van der Waals surface area (Å²) < 4.78 is 48.6. The number of likely N-dealkylation sites (N-methyl/N-ethyl adjacent to an activating group) is 1. The van der Waals surface area contributed by atoms with Crippen LogP contribution in [0.5, 0.6) is 0 Å². The highest BCUT2D eigenvalue weighted by atomic mass is 19.3. The molecule has 0 bridgehead atoms. The van der Waals surface area contributed by atoms with Gasteiger partial charge < -0.3 is 15.3 Å². The van der Waals surface area contributed by atoms with Gasteiger partial charge in [0.05, 0.1) is 34.4 Å². The number of halogens is 3. The maximum atomic E-state index is 15.4. The fraction of sp³-hybridized carbons (Fsp3) is 0.464. The summed E-state index contributed by atoms with van der Waals surface area (Å²) in [6.45, 7) is 7.01. The summed E-state index contributed by atoms with van der Waals surface area (Å²) in [5, 5.41) is 23.1. The molecule has 208 valence electrons. The second-order valence-electron chi connectivity index (χ2n) is 11.1. The van der Waals surface area contributed by atoms with Gasteiger partial charge in [0, 0.05) is 29.9 Å². The predicted octanol–water partition coefficient (Wildman–Crippen LogP) is 4.64. The molecular weight excluding hydrogens is 509 g/mol. The highest BCUT2D eigenvalue weighted by Gasteiger charge is 2.49. The van der Waals surface area contributed by atoms with Crippen molar-refractivity contribution >= 4 is 27.6 Å². The first-order valence-electron chi connectivity index (χ1n) is 12.9. The third kappa shape index (κ3) is 4.37. The molecule has 1 aliphatic heterocycles. The van der Waals surface area contributed by atoms with E-state index in [1.54, 1.807) is 18.5 Å². The summed E-state index contributed by atoms with van der Waals surface area (Å²) in [7, 11) is 3.77. The van der Waals surface area contributed by atoms with Crippen LogP contribution in [0.3, 0.4) is 0 Å². The van der Waals surface area contributed by atoms with Gasteiger partial charge in [0.25, 0.3) is 0 Å². The van der Waals surface area contributed by atoms with Crippen LogP contribution in [0.15, 0.2) is 35.1 Å². The summed E-state index contributed by atoms with van der Waals surface area (Å²) in [4.78, 5) is 15.4. The molecule has 2 atom stereocenters. The normalized spacial score (nSPS) is 17.8.